The monoisotopic (exact) mass is 260 g/mol. The lowest BCUT2D eigenvalue weighted by Crippen LogP contribution is -2.56. The molecule has 1 atom stereocenters. The van der Waals surface area contributed by atoms with Crippen molar-refractivity contribution >= 4 is 12.2 Å². The predicted molar refractivity (Wildman–Crippen MR) is 73.6 cm³/mol. The lowest BCUT2D eigenvalue weighted by Gasteiger charge is -2.31. The molecule has 1 fully saturated rings. The van der Waals surface area contributed by atoms with Crippen molar-refractivity contribution in [1.82, 2.24) is 4.90 Å². The second kappa shape index (κ2) is 5.97. The first-order valence-corrected chi connectivity index (χ1v) is 6.71. The Balaban J connectivity index is 2.18. The molecular formula is C15H20N2O2. The highest BCUT2D eigenvalue weighted by atomic mass is 16.2. The van der Waals surface area contributed by atoms with Gasteiger partial charge in [-0.25, -0.2) is 0 Å². The van der Waals surface area contributed by atoms with Gasteiger partial charge in [0.05, 0.1) is 12.1 Å². The van der Waals surface area contributed by atoms with Gasteiger partial charge in [0.1, 0.15) is 6.29 Å². The van der Waals surface area contributed by atoms with E-state index in [-0.39, 0.29) is 12.5 Å². The summed E-state index contributed by atoms with van der Waals surface area (Å²) in [6.07, 6.45) is 3.81. The molecule has 2 rings (SSSR count). The summed E-state index contributed by atoms with van der Waals surface area (Å²) in [5.41, 5.74) is 6.54. The van der Waals surface area contributed by atoms with Crippen molar-refractivity contribution in [2.75, 3.05) is 13.1 Å². The van der Waals surface area contributed by atoms with Gasteiger partial charge in [0.2, 0.25) is 5.91 Å². The average molecular weight is 260 g/mol. The number of nitrogens with zero attached hydrogens (tertiary/aromatic N) is 1. The van der Waals surface area contributed by atoms with Crippen LogP contribution in [0.5, 0.6) is 0 Å². The van der Waals surface area contributed by atoms with Crippen LogP contribution in [0.15, 0.2) is 30.3 Å². The fourth-order valence-corrected chi connectivity index (χ4v) is 2.65. The van der Waals surface area contributed by atoms with E-state index in [0.717, 1.165) is 24.7 Å². The topological polar surface area (TPSA) is 63.4 Å². The molecule has 4 heteroatoms. The average Bonchev–Trinajstić information content (AvgIpc) is 2.54. The van der Waals surface area contributed by atoms with Crippen molar-refractivity contribution in [3.05, 3.63) is 35.9 Å². The molecule has 0 radical (unpaired) electrons. The second-order valence-corrected chi connectivity index (χ2v) is 5.19. The van der Waals surface area contributed by atoms with Crippen LogP contribution in [0, 0.1) is 0 Å². The summed E-state index contributed by atoms with van der Waals surface area (Å²) < 4.78 is 0. The Morgan fingerprint density at radius 3 is 2.68 bits per heavy atom. The number of carbonyl (C=O) groups is 2. The van der Waals surface area contributed by atoms with Crippen LogP contribution in [0.25, 0.3) is 0 Å². The fourth-order valence-electron chi connectivity index (χ4n) is 2.65. The predicted octanol–water partition coefficient (Wildman–Crippen LogP) is 1.14. The minimum atomic E-state index is -0.874. The van der Waals surface area contributed by atoms with Gasteiger partial charge in [0.15, 0.2) is 0 Å². The van der Waals surface area contributed by atoms with Crippen molar-refractivity contribution < 1.29 is 9.59 Å². The summed E-state index contributed by atoms with van der Waals surface area (Å²) in [5, 5.41) is 0. The number of benzene rings is 1. The Bertz CT molecular complexity index is 447. The van der Waals surface area contributed by atoms with Crippen molar-refractivity contribution in [1.29, 1.82) is 0 Å². The summed E-state index contributed by atoms with van der Waals surface area (Å²) in [7, 11) is 0. The molecule has 102 valence electrons. The van der Waals surface area contributed by atoms with Crippen LogP contribution in [0.3, 0.4) is 0 Å². The lowest BCUT2D eigenvalue weighted by molar-refractivity contribution is -0.137. The molecule has 0 spiro atoms. The van der Waals surface area contributed by atoms with Crippen LogP contribution in [0.1, 0.15) is 24.8 Å². The summed E-state index contributed by atoms with van der Waals surface area (Å²) >= 11 is 0. The van der Waals surface area contributed by atoms with Crippen LogP contribution in [0.2, 0.25) is 0 Å². The molecule has 0 aromatic heterocycles. The maximum Gasteiger partial charge on any atom is 0.243 e. The van der Waals surface area contributed by atoms with Crippen LogP contribution in [-0.2, 0) is 16.0 Å². The number of rotatable bonds is 4. The van der Waals surface area contributed by atoms with Crippen molar-refractivity contribution in [3.63, 3.8) is 0 Å². The molecule has 1 aromatic carbocycles. The van der Waals surface area contributed by atoms with E-state index in [1.807, 2.05) is 30.3 Å². The van der Waals surface area contributed by atoms with Crippen molar-refractivity contribution in [2.24, 2.45) is 5.73 Å². The zero-order valence-corrected chi connectivity index (χ0v) is 11.0. The van der Waals surface area contributed by atoms with Gasteiger partial charge in [-0.2, -0.15) is 0 Å². The molecule has 2 N–H and O–H groups in total. The van der Waals surface area contributed by atoms with Crippen LogP contribution >= 0.6 is 0 Å². The molecule has 1 aromatic rings. The maximum atomic E-state index is 12.5. The zero-order valence-electron chi connectivity index (χ0n) is 11.0. The molecule has 1 amide bonds. The quantitative estimate of drug-likeness (QED) is 0.826. The zero-order chi connectivity index (χ0) is 13.7. The third-order valence-corrected chi connectivity index (χ3v) is 3.67. The smallest absolute Gasteiger partial charge is 0.243 e. The molecule has 0 bridgehead atoms. The van der Waals surface area contributed by atoms with E-state index < -0.39 is 5.54 Å². The lowest BCUT2D eigenvalue weighted by atomic mass is 9.86. The minimum absolute atomic E-state index is 0.0963. The van der Waals surface area contributed by atoms with Crippen LogP contribution in [-0.4, -0.2) is 35.7 Å². The first-order chi connectivity index (χ1) is 9.15. The Morgan fingerprint density at radius 1 is 1.26 bits per heavy atom. The van der Waals surface area contributed by atoms with E-state index in [4.69, 9.17) is 5.73 Å². The molecule has 1 aliphatic rings. The molecule has 4 nitrogen and oxygen atoms in total. The van der Waals surface area contributed by atoms with Crippen molar-refractivity contribution in [3.8, 4) is 0 Å². The SMILES string of the molecule is NC1(Cc2ccccc2)CCCCN(CC=O)C1=O. The van der Waals surface area contributed by atoms with E-state index >= 15 is 0 Å². The minimum Gasteiger partial charge on any atom is -0.334 e. The number of likely N-dealkylation sites (tertiary alicyclic amines) is 1. The van der Waals surface area contributed by atoms with E-state index in [9.17, 15) is 9.59 Å². The van der Waals surface area contributed by atoms with Gasteiger partial charge >= 0.3 is 0 Å². The largest absolute Gasteiger partial charge is 0.334 e. The maximum absolute atomic E-state index is 12.5. The third kappa shape index (κ3) is 3.20. The first-order valence-electron chi connectivity index (χ1n) is 6.71. The highest BCUT2D eigenvalue weighted by molar-refractivity contribution is 5.88. The summed E-state index contributed by atoms with van der Waals surface area (Å²) in [6, 6.07) is 9.81. The summed E-state index contributed by atoms with van der Waals surface area (Å²) in [5.74, 6) is -0.0963. The first kappa shape index (κ1) is 13.7. The Kier molecular flexibility index (Phi) is 4.32. The Hall–Kier alpha value is -1.68. The third-order valence-electron chi connectivity index (χ3n) is 3.67. The van der Waals surface area contributed by atoms with Gasteiger partial charge in [0.25, 0.3) is 0 Å². The van der Waals surface area contributed by atoms with Gasteiger partial charge in [-0.1, -0.05) is 30.3 Å². The number of nitrogens with two attached hydrogens (primary N) is 1. The molecule has 1 saturated heterocycles. The van der Waals surface area contributed by atoms with Gasteiger partial charge in [0, 0.05) is 6.54 Å². The Morgan fingerprint density at radius 2 is 2.00 bits per heavy atom. The molecule has 1 heterocycles. The standard InChI is InChI=1S/C15H20N2O2/c16-15(12-13-6-2-1-3-7-13)8-4-5-9-17(10-11-18)14(15)19/h1-3,6-7,11H,4-5,8-10,12,16H2. The number of hydrogen-bond donors (Lipinski definition) is 1. The van der Waals surface area contributed by atoms with Crippen LogP contribution in [0.4, 0.5) is 0 Å². The molecule has 1 aliphatic heterocycles. The fraction of sp³-hybridized carbons (Fsp3) is 0.467. The Labute approximate surface area is 113 Å². The van der Waals surface area contributed by atoms with Gasteiger partial charge in [-0.05, 0) is 31.2 Å². The number of aldehydes is 1. The summed E-state index contributed by atoms with van der Waals surface area (Å²) in [6.45, 7) is 0.776. The molecular weight excluding hydrogens is 240 g/mol. The second-order valence-electron chi connectivity index (χ2n) is 5.19. The number of carbonyl (C=O) groups excluding carboxylic acids is 2. The van der Waals surface area contributed by atoms with E-state index in [0.29, 0.717) is 19.4 Å². The molecule has 0 aliphatic carbocycles. The van der Waals surface area contributed by atoms with E-state index in [1.54, 1.807) is 4.90 Å². The summed E-state index contributed by atoms with van der Waals surface area (Å²) in [4.78, 5) is 24.8. The van der Waals surface area contributed by atoms with Gasteiger partial charge in [-0.15, -0.1) is 0 Å². The number of hydrogen-bond acceptors (Lipinski definition) is 3. The normalized spacial score (nSPS) is 24.1. The van der Waals surface area contributed by atoms with Gasteiger partial charge < -0.3 is 15.4 Å². The highest BCUT2D eigenvalue weighted by Crippen LogP contribution is 2.24. The van der Waals surface area contributed by atoms with Gasteiger partial charge in [-0.3, -0.25) is 4.79 Å². The van der Waals surface area contributed by atoms with E-state index in [1.165, 1.54) is 0 Å². The molecule has 1 unspecified atom stereocenters. The highest BCUT2D eigenvalue weighted by Gasteiger charge is 2.38. The molecule has 0 saturated carbocycles. The molecule has 19 heavy (non-hydrogen) atoms. The number of amides is 1. The van der Waals surface area contributed by atoms with Crippen LogP contribution < -0.4 is 5.73 Å². The van der Waals surface area contributed by atoms with Crippen molar-refractivity contribution in [2.45, 2.75) is 31.2 Å². The van der Waals surface area contributed by atoms with E-state index in [2.05, 4.69) is 0 Å².